The summed E-state index contributed by atoms with van der Waals surface area (Å²) in [6, 6.07) is 13.1. The number of halogens is 1. The van der Waals surface area contributed by atoms with Gasteiger partial charge >= 0.3 is 0 Å². The minimum atomic E-state index is 0.119. The van der Waals surface area contributed by atoms with Crippen molar-refractivity contribution < 1.29 is 0 Å². The molecule has 0 radical (unpaired) electrons. The molecule has 0 saturated heterocycles. The van der Waals surface area contributed by atoms with Crippen molar-refractivity contribution in [2.24, 2.45) is 5.41 Å². The van der Waals surface area contributed by atoms with E-state index in [0.717, 1.165) is 0 Å². The smallest absolute Gasteiger partial charge is 0.0644 e. The van der Waals surface area contributed by atoms with Crippen LogP contribution in [0.1, 0.15) is 55.5 Å². The highest BCUT2D eigenvalue weighted by atomic mass is 35.5. The van der Waals surface area contributed by atoms with Crippen LogP contribution in [-0.2, 0) is 0 Å². The molecule has 0 aromatic heterocycles. The van der Waals surface area contributed by atoms with Gasteiger partial charge in [-0.3, -0.25) is 0 Å². The Morgan fingerprint density at radius 1 is 0.950 bits per heavy atom. The Kier molecular flexibility index (Phi) is 3.77. The molecule has 2 aromatic carbocycles. The maximum absolute atomic E-state index is 6.96. The molecule has 1 aliphatic carbocycles. The summed E-state index contributed by atoms with van der Waals surface area (Å²) in [6.07, 6.45) is 6.52. The summed E-state index contributed by atoms with van der Waals surface area (Å²) in [7, 11) is 0. The summed E-state index contributed by atoms with van der Waals surface area (Å²) in [6.45, 7) is 4.55. The molecule has 0 nitrogen and oxygen atoms in total. The second-order valence-corrected chi connectivity index (χ2v) is 7.03. The molecule has 1 unspecified atom stereocenters. The van der Waals surface area contributed by atoms with Gasteiger partial charge in [0.2, 0.25) is 0 Å². The van der Waals surface area contributed by atoms with Crippen LogP contribution in [0, 0.1) is 12.3 Å². The number of hydrogen-bond acceptors (Lipinski definition) is 0. The summed E-state index contributed by atoms with van der Waals surface area (Å²) < 4.78 is 0. The van der Waals surface area contributed by atoms with Crippen LogP contribution in [0.4, 0.5) is 0 Å². The fourth-order valence-electron chi connectivity index (χ4n) is 3.68. The van der Waals surface area contributed by atoms with Gasteiger partial charge in [0.15, 0.2) is 0 Å². The highest BCUT2D eigenvalue weighted by Gasteiger charge is 2.35. The normalized spacial score (nSPS) is 19.9. The molecular formula is C19H23Cl. The number of fused-ring (bicyclic) bond motifs is 1. The van der Waals surface area contributed by atoms with Gasteiger partial charge in [0.1, 0.15) is 0 Å². The average Bonchev–Trinajstić information content (AvgIpc) is 2.48. The molecule has 0 spiro atoms. The monoisotopic (exact) mass is 286 g/mol. The third kappa shape index (κ3) is 2.35. The van der Waals surface area contributed by atoms with Crippen molar-refractivity contribution in [3.63, 3.8) is 0 Å². The van der Waals surface area contributed by atoms with Crippen LogP contribution >= 0.6 is 11.6 Å². The SMILES string of the molecule is Cc1ccc(C(Cl)C2(C)CCCCC2)c2ccccc12. The minimum Gasteiger partial charge on any atom is -0.117 e. The van der Waals surface area contributed by atoms with E-state index in [4.69, 9.17) is 11.6 Å². The van der Waals surface area contributed by atoms with Gasteiger partial charge < -0.3 is 0 Å². The standard InChI is InChI=1S/C19H23Cl/c1-14-10-11-17(16-9-5-4-8-15(14)16)18(20)19(2)12-6-3-7-13-19/h4-5,8-11,18H,3,6-7,12-13H2,1-2H3. The van der Waals surface area contributed by atoms with E-state index in [2.05, 4.69) is 50.2 Å². The Bertz CT molecular complexity index is 608. The van der Waals surface area contributed by atoms with E-state index in [9.17, 15) is 0 Å². The minimum absolute atomic E-state index is 0.119. The summed E-state index contributed by atoms with van der Waals surface area (Å²) in [5, 5.41) is 2.79. The predicted molar refractivity (Wildman–Crippen MR) is 88.5 cm³/mol. The summed E-state index contributed by atoms with van der Waals surface area (Å²) in [5.74, 6) is 0. The molecule has 0 amide bonds. The van der Waals surface area contributed by atoms with Gasteiger partial charge in [-0.25, -0.2) is 0 Å². The number of aryl methyl sites for hydroxylation is 1. The lowest BCUT2D eigenvalue weighted by molar-refractivity contribution is 0.207. The largest absolute Gasteiger partial charge is 0.117 e. The first-order valence-electron chi connectivity index (χ1n) is 7.74. The van der Waals surface area contributed by atoms with Crippen LogP contribution < -0.4 is 0 Å². The van der Waals surface area contributed by atoms with Crippen molar-refractivity contribution in [1.82, 2.24) is 0 Å². The maximum atomic E-state index is 6.96. The van der Waals surface area contributed by atoms with Gasteiger partial charge in [-0.1, -0.05) is 62.6 Å². The molecular weight excluding hydrogens is 264 g/mol. The molecule has 1 atom stereocenters. The van der Waals surface area contributed by atoms with Gasteiger partial charge in [-0.05, 0) is 47.1 Å². The first kappa shape index (κ1) is 13.9. The third-order valence-corrected chi connectivity index (χ3v) is 5.82. The molecule has 0 heterocycles. The molecule has 106 valence electrons. The fraction of sp³-hybridized carbons (Fsp3) is 0.474. The van der Waals surface area contributed by atoms with Gasteiger partial charge in [0.05, 0.1) is 5.38 Å². The van der Waals surface area contributed by atoms with E-state index >= 15 is 0 Å². The van der Waals surface area contributed by atoms with Crippen LogP contribution in [-0.4, -0.2) is 0 Å². The lowest BCUT2D eigenvalue weighted by atomic mass is 9.71. The second kappa shape index (κ2) is 5.41. The van der Waals surface area contributed by atoms with Crippen LogP contribution in [0.2, 0.25) is 0 Å². The zero-order valence-electron chi connectivity index (χ0n) is 12.5. The van der Waals surface area contributed by atoms with Crippen LogP contribution in [0.3, 0.4) is 0 Å². The lowest BCUT2D eigenvalue weighted by Gasteiger charge is -2.38. The first-order valence-corrected chi connectivity index (χ1v) is 8.18. The van der Waals surface area contributed by atoms with Crippen molar-refractivity contribution in [2.75, 3.05) is 0 Å². The highest BCUT2D eigenvalue weighted by Crippen LogP contribution is 2.50. The maximum Gasteiger partial charge on any atom is 0.0644 e. The molecule has 3 rings (SSSR count). The molecule has 1 saturated carbocycles. The zero-order valence-corrected chi connectivity index (χ0v) is 13.2. The quantitative estimate of drug-likeness (QED) is 0.560. The second-order valence-electron chi connectivity index (χ2n) is 6.59. The Morgan fingerprint density at radius 3 is 2.30 bits per heavy atom. The molecule has 1 fully saturated rings. The van der Waals surface area contributed by atoms with E-state index in [1.807, 2.05) is 0 Å². The topological polar surface area (TPSA) is 0 Å². The Hall–Kier alpha value is -1.01. The average molecular weight is 287 g/mol. The van der Waals surface area contributed by atoms with Crippen molar-refractivity contribution in [3.05, 3.63) is 47.5 Å². The number of benzene rings is 2. The predicted octanol–water partition coefficient (Wildman–Crippen LogP) is 6.40. The summed E-state index contributed by atoms with van der Waals surface area (Å²) in [4.78, 5) is 0. The van der Waals surface area contributed by atoms with Crippen LogP contribution in [0.25, 0.3) is 10.8 Å². The Balaban J connectivity index is 2.08. The molecule has 20 heavy (non-hydrogen) atoms. The number of rotatable bonds is 2. The van der Waals surface area contributed by atoms with E-state index < -0.39 is 0 Å². The van der Waals surface area contributed by atoms with Crippen molar-refractivity contribution >= 4 is 22.4 Å². The lowest BCUT2D eigenvalue weighted by Crippen LogP contribution is -2.25. The van der Waals surface area contributed by atoms with E-state index in [1.165, 1.54) is 54.0 Å². The van der Waals surface area contributed by atoms with E-state index in [-0.39, 0.29) is 10.8 Å². The zero-order chi connectivity index (χ0) is 14.2. The molecule has 0 aliphatic heterocycles. The van der Waals surface area contributed by atoms with Gasteiger partial charge in [-0.2, -0.15) is 0 Å². The molecule has 2 aromatic rings. The van der Waals surface area contributed by atoms with E-state index in [0.29, 0.717) is 0 Å². The highest BCUT2D eigenvalue weighted by molar-refractivity contribution is 6.22. The van der Waals surface area contributed by atoms with Gasteiger partial charge in [-0.15, -0.1) is 11.6 Å². The van der Waals surface area contributed by atoms with Gasteiger partial charge in [0.25, 0.3) is 0 Å². The van der Waals surface area contributed by atoms with E-state index in [1.54, 1.807) is 0 Å². The molecule has 0 N–H and O–H groups in total. The third-order valence-electron chi connectivity index (χ3n) is 5.06. The fourth-order valence-corrected chi connectivity index (χ4v) is 4.09. The van der Waals surface area contributed by atoms with Crippen molar-refractivity contribution in [1.29, 1.82) is 0 Å². The Labute approximate surface area is 127 Å². The van der Waals surface area contributed by atoms with Crippen molar-refractivity contribution in [3.8, 4) is 0 Å². The van der Waals surface area contributed by atoms with Crippen LogP contribution in [0.5, 0.6) is 0 Å². The van der Waals surface area contributed by atoms with Crippen LogP contribution in [0.15, 0.2) is 36.4 Å². The van der Waals surface area contributed by atoms with Gasteiger partial charge in [0, 0.05) is 0 Å². The number of hydrogen-bond donors (Lipinski definition) is 0. The molecule has 0 bridgehead atoms. The van der Waals surface area contributed by atoms with Crippen molar-refractivity contribution in [2.45, 2.75) is 51.3 Å². The summed E-state index contributed by atoms with van der Waals surface area (Å²) in [5.41, 5.74) is 2.90. The molecule has 1 heteroatoms. The Morgan fingerprint density at radius 2 is 1.60 bits per heavy atom. The first-order chi connectivity index (χ1) is 9.62. The summed E-state index contributed by atoms with van der Waals surface area (Å²) >= 11 is 6.96. The number of alkyl halides is 1. The molecule has 1 aliphatic rings.